The van der Waals surface area contributed by atoms with Crippen molar-refractivity contribution in [3.05, 3.63) is 35.9 Å². The number of urea groups is 1. The highest BCUT2D eigenvalue weighted by Crippen LogP contribution is 2.14. The van der Waals surface area contributed by atoms with Crippen molar-refractivity contribution in [1.29, 1.82) is 0 Å². The number of amides is 3. The molecule has 0 radical (unpaired) electrons. The normalized spacial score (nSPS) is 17.4. The summed E-state index contributed by atoms with van der Waals surface area (Å²) in [7, 11) is 0. The van der Waals surface area contributed by atoms with Crippen LogP contribution >= 0.6 is 0 Å². The Kier molecular flexibility index (Phi) is 7.06. The third-order valence-electron chi connectivity index (χ3n) is 3.82. The van der Waals surface area contributed by atoms with E-state index >= 15 is 0 Å². The van der Waals surface area contributed by atoms with Crippen LogP contribution in [0.5, 0.6) is 0 Å². The third-order valence-corrected chi connectivity index (χ3v) is 3.82. The maximum Gasteiger partial charge on any atom is 0.315 e. The smallest absolute Gasteiger partial charge is 0.315 e. The average Bonchev–Trinajstić information content (AvgIpc) is 2.87. The van der Waals surface area contributed by atoms with E-state index in [1.165, 1.54) is 0 Å². The highest BCUT2D eigenvalue weighted by atomic mass is 16.5. The molecule has 0 aromatic heterocycles. The number of likely N-dealkylation sites (tertiary alicyclic amines) is 1. The summed E-state index contributed by atoms with van der Waals surface area (Å²) in [5, 5.41) is 5.67. The summed E-state index contributed by atoms with van der Waals surface area (Å²) in [5.74, 6) is 0.0782. The van der Waals surface area contributed by atoms with E-state index in [1.54, 1.807) is 4.90 Å². The van der Waals surface area contributed by atoms with Crippen molar-refractivity contribution in [3.8, 4) is 0 Å². The van der Waals surface area contributed by atoms with Gasteiger partial charge in [-0.1, -0.05) is 30.3 Å². The minimum Gasteiger partial charge on any atom is -0.379 e. The summed E-state index contributed by atoms with van der Waals surface area (Å²) < 4.78 is 5.42. The van der Waals surface area contributed by atoms with Gasteiger partial charge in [0.1, 0.15) is 0 Å². The molecule has 1 aromatic carbocycles. The van der Waals surface area contributed by atoms with Gasteiger partial charge < -0.3 is 20.3 Å². The van der Waals surface area contributed by atoms with Crippen LogP contribution in [0.15, 0.2) is 30.3 Å². The zero-order chi connectivity index (χ0) is 17.4. The van der Waals surface area contributed by atoms with Crippen molar-refractivity contribution in [1.82, 2.24) is 15.5 Å². The molecule has 1 aliphatic heterocycles. The third kappa shape index (κ3) is 6.20. The number of ether oxygens (including phenoxy) is 1. The molecule has 1 aliphatic rings. The summed E-state index contributed by atoms with van der Waals surface area (Å²) in [6.07, 6.45) is 1.34. The fourth-order valence-corrected chi connectivity index (χ4v) is 2.66. The lowest BCUT2D eigenvalue weighted by atomic mass is 10.2. The highest BCUT2D eigenvalue weighted by Gasteiger charge is 2.30. The topological polar surface area (TPSA) is 70.7 Å². The molecule has 1 heterocycles. The second kappa shape index (κ2) is 9.27. The van der Waals surface area contributed by atoms with Gasteiger partial charge in [0.2, 0.25) is 5.91 Å². The zero-order valence-electron chi connectivity index (χ0n) is 14.5. The molecule has 0 saturated carbocycles. The second-order valence-electron chi connectivity index (χ2n) is 6.33. The lowest BCUT2D eigenvalue weighted by molar-refractivity contribution is -0.128. The standard InChI is InChI=1S/C18H27N3O3/c1-14(2)24-10-6-9-19-18(23)20-16-11-17(22)21(13-16)12-15-7-4-3-5-8-15/h3-5,7-8,14,16H,6,9-13H2,1-2H3,(H2,19,20,23). The van der Waals surface area contributed by atoms with Gasteiger partial charge in [-0.05, 0) is 25.8 Å². The molecule has 24 heavy (non-hydrogen) atoms. The molecule has 6 heteroatoms. The lowest BCUT2D eigenvalue weighted by Crippen LogP contribution is -2.43. The summed E-state index contributed by atoms with van der Waals surface area (Å²) in [5.41, 5.74) is 1.10. The predicted octanol–water partition coefficient (Wildman–Crippen LogP) is 1.90. The second-order valence-corrected chi connectivity index (χ2v) is 6.33. The van der Waals surface area contributed by atoms with E-state index in [2.05, 4.69) is 10.6 Å². The van der Waals surface area contributed by atoms with Crippen molar-refractivity contribution in [2.75, 3.05) is 19.7 Å². The van der Waals surface area contributed by atoms with Gasteiger partial charge in [-0.15, -0.1) is 0 Å². The van der Waals surface area contributed by atoms with Gasteiger partial charge in [0.05, 0.1) is 12.1 Å². The van der Waals surface area contributed by atoms with Crippen LogP contribution in [0.2, 0.25) is 0 Å². The van der Waals surface area contributed by atoms with Gasteiger partial charge in [0.25, 0.3) is 0 Å². The van der Waals surface area contributed by atoms with Crippen molar-refractivity contribution in [2.24, 2.45) is 0 Å². The van der Waals surface area contributed by atoms with E-state index in [0.29, 0.717) is 32.7 Å². The first-order valence-corrected chi connectivity index (χ1v) is 8.52. The summed E-state index contributed by atoms with van der Waals surface area (Å²) in [6, 6.07) is 9.52. The quantitative estimate of drug-likeness (QED) is 0.714. The molecule has 0 spiro atoms. The Bertz CT molecular complexity index is 534. The molecule has 6 nitrogen and oxygen atoms in total. The molecular formula is C18H27N3O3. The van der Waals surface area contributed by atoms with Crippen LogP contribution in [-0.4, -0.2) is 48.7 Å². The first kappa shape index (κ1) is 18.3. The van der Waals surface area contributed by atoms with E-state index in [-0.39, 0.29) is 24.1 Å². The molecule has 2 N–H and O–H groups in total. The molecule has 0 bridgehead atoms. The molecule has 1 atom stereocenters. The van der Waals surface area contributed by atoms with Crippen LogP contribution in [0.25, 0.3) is 0 Å². The van der Waals surface area contributed by atoms with Gasteiger partial charge >= 0.3 is 6.03 Å². The van der Waals surface area contributed by atoms with E-state index in [1.807, 2.05) is 44.2 Å². The van der Waals surface area contributed by atoms with Crippen molar-refractivity contribution in [2.45, 2.75) is 45.4 Å². The van der Waals surface area contributed by atoms with Gasteiger partial charge in [0, 0.05) is 32.7 Å². The zero-order valence-corrected chi connectivity index (χ0v) is 14.5. The molecule has 1 saturated heterocycles. The molecule has 0 aliphatic carbocycles. The Morgan fingerprint density at radius 2 is 2.08 bits per heavy atom. The first-order valence-electron chi connectivity index (χ1n) is 8.52. The maximum absolute atomic E-state index is 12.1. The van der Waals surface area contributed by atoms with Gasteiger partial charge in [-0.3, -0.25) is 4.79 Å². The van der Waals surface area contributed by atoms with Crippen LogP contribution in [0.3, 0.4) is 0 Å². The summed E-state index contributed by atoms with van der Waals surface area (Å²) >= 11 is 0. The lowest BCUT2D eigenvalue weighted by Gasteiger charge is -2.17. The SMILES string of the molecule is CC(C)OCCCNC(=O)NC1CC(=O)N(Cc2ccccc2)C1. The van der Waals surface area contributed by atoms with E-state index in [0.717, 1.165) is 12.0 Å². The van der Waals surface area contributed by atoms with Crippen LogP contribution in [0, 0.1) is 0 Å². The van der Waals surface area contributed by atoms with Gasteiger partial charge in [-0.2, -0.15) is 0 Å². The number of benzene rings is 1. The fraction of sp³-hybridized carbons (Fsp3) is 0.556. The number of nitrogens with one attached hydrogen (secondary N) is 2. The molecule has 1 unspecified atom stereocenters. The molecular weight excluding hydrogens is 306 g/mol. The number of carbonyl (C=O) groups is 2. The number of hydrogen-bond acceptors (Lipinski definition) is 3. The van der Waals surface area contributed by atoms with E-state index < -0.39 is 0 Å². The van der Waals surface area contributed by atoms with E-state index in [4.69, 9.17) is 4.74 Å². The average molecular weight is 333 g/mol. The molecule has 132 valence electrons. The molecule has 2 rings (SSSR count). The minimum absolute atomic E-state index is 0.0782. The van der Waals surface area contributed by atoms with Gasteiger partial charge in [0.15, 0.2) is 0 Å². The number of hydrogen-bond donors (Lipinski definition) is 2. The van der Waals surface area contributed by atoms with Crippen LogP contribution in [0.4, 0.5) is 4.79 Å². The number of rotatable bonds is 8. The Morgan fingerprint density at radius 1 is 1.33 bits per heavy atom. The Hall–Kier alpha value is -2.08. The fourth-order valence-electron chi connectivity index (χ4n) is 2.66. The highest BCUT2D eigenvalue weighted by molar-refractivity contribution is 5.81. The Labute approximate surface area is 143 Å². The minimum atomic E-state index is -0.223. The maximum atomic E-state index is 12.1. The summed E-state index contributed by atoms with van der Waals surface area (Å²) in [6.45, 7) is 6.30. The first-order chi connectivity index (χ1) is 11.5. The van der Waals surface area contributed by atoms with Gasteiger partial charge in [-0.25, -0.2) is 4.79 Å². The van der Waals surface area contributed by atoms with Crippen molar-refractivity contribution >= 4 is 11.9 Å². The Balaban J connectivity index is 1.66. The number of nitrogens with zero attached hydrogens (tertiary/aromatic N) is 1. The Morgan fingerprint density at radius 3 is 2.79 bits per heavy atom. The number of carbonyl (C=O) groups excluding carboxylic acids is 2. The largest absolute Gasteiger partial charge is 0.379 e. The van der Waals surface area contributed by atoms with Crippen LogP contribution < -0.4 is 10.6 Å². The van der Waals surface area contributed by atoms with Crippen LogP contribution in [-0.2, 0) is 16.1 Å². The predicted molar refractivity (Wildman–Crippen MR) is 92.5 cm³/mol. The van der Waals surface area contributed by atoms with Crippen molar-refractivity contribution < 1.29 is 14.3 Å². The summed E-state index contributed by atoms with van der Waals surface area (Å²) in [4.78, 5) is 25.7. The molecule has 1 fully saturated rings. The monoisotopic (exact) mass is 333 g/mol. The van der Waals surface area contributed by atoms with E-state index in [9.17, 15) is 9.59 Å². The molecule has 1 aromatic rings. The van der Waals surface area contributed by atoms with Crippen LogP contribution in [0.1, 0.15) is 32.3 Å². The van der Waals surface area contributed by atoms with Crippen molar-refractivity contribution in [3.63, 3.8) is 0 Å². The molecule has 3 amide bonds.